The highest BCUT2D eigenvalue weighted by atomic mass is 16.1. The van der Waals surface area contributed by atoms with Gasteiger partial charge in [0, 0.05) is 18.5 Å². The maximum atomic E-state index is 13.5. The lowest BCUT2D eigenvalue weighted by Crippen LogP contribution is -2.57. The van der Waals surface area contributed by atoms with Crippen LogP contribution in [0, 0.1) is 5.41 Å². The number of carbonyl (C=O) groups is 1. The average molecular weight is 351 g/mol. The summed E-state index contributed by atoms with van der Waals surface area (Å²) < 4.78 is 0. The topological polar surface area (TPSA) is 46.3 Å². The second-order valence-corrected chi connectivity index (χ2v) is 8.50. The number of nitrogens with two attached hydrogens (primary N) is 1. The first-order chi connectivity index (χ1) is 12.3. The van der Waals surface area contributed by atoms with E-state index in [4.69, 9.17) is 5.73 Å². The van der Waals surface area contributed by atoms with Gasteiger partial charge in [0.1, 0.15) is 5.78 Å². The zero-order valence-electron chi connectivity index (χ0n) is 16.1. The van der Waals surface area contributed by atoms with Gasteiger partial charge in [-0.2, -0.15) is 0 Å². The smallest absolute Gasteiger partial charge is 0.148 e. The maximum absolute atomic E-state index is 13.5. The summed E-state index contributed by atoms with van der Waals surface area (Å²) in [5.74, 6) is 0.297. The predicted octanol–water partition coefficient (Wildman–Crippen LogP) is 4.12. The van der Waals surface area contributed by atoms with E-state index in [0.29, 0.717) is 12.2 Å². The van der Waals surface area contributed by atoms with Gasteiger partial charge in [-0.25, -0.2) is 0 Å². The molecule has 0 amide bonds. The summed E-state index contributed by atoms with van der Waals surface area (Å²) in [6, 6.07) is 20.6. The molecule has 1 aliphatic heterocycles. The first-order valence-electron chi connectivity index (χ1n) is 9.47. The summed E-state index contributed by atoms with van der Waals surface area (Å²) in [4.78, 5) is 15.8. The van der Waals surface area contributed by atoms with E-state index < -0.39 is 10.8 Å². The van der Waals surface area contributed by atoms with Crippen LogP contribution in [-0.4, -0.2) is 23.4 Å². The van der Waals surface area contributed by atoms with E-state index in [0.717, 1.165) is 25.1 Å². The summed E-state index contributed by atoms with van der Waals surface area (Å²) >= 11 is 0. The monoisotopic (exact) mass is 350 g/mol. The van der Waals surface area contributed by atoms with Crippen molar-refractivity contribution in [3.05, 3.63) is 71.8 Å². The molecule has 2 unspecified atom stereocenters. The number of likely N-dealkylation sites (tertiary alicyclic amines) is 1. The summed E-state index contributed by atoms with van der Waals surface area (Å²) in [5.41, 5.74) is 8.08. The molecule has 0 bridgehead atoms. The molecule has 1 heterocycles. The van der Waals surface area contributed by atoms with Crippen LogP contribution in [0.5, 0.6) is 0 Å². The molecule has 2 N–H and O–H groups in total. The average Bonchev–Trinajstić information content (AvgIpc) is 2.64. The first-order valence-corrected chi connectivity index (χ1v) is 9.47. The fraction of sp³-hybridized carbons (Fsp3) is 0.435. The van der Waals surface area contributed by atoms with E-state index in [2.05, 4.69) is 41.3 Å². The van der Waals surface area contributed by atoms with E-state index in [9.17, 15) is 4.79 Å². The van der Waals surface area contributed by atoms with Crippen molar-refractivity contribution < 1.29 is 4.79 Å². The van der Waals surface area contributed by atoms with Crippen molar-refractivity contribution in [2.45, 2.75) is 51.7 Å². The molecular weight excluding hydrogens is 320 g/mol. The molecule has 2 atom stereocenters. The Hall–Kier alpha value is -1.97. The third kappa shape index (κ3) is 3.74. The normalized spacial score (nSPS) is 24.4. The molecule has 3 heteroatoms. The van der Waals surface area contributed by atoms with Crippen molar-refractivity contribution in [1.29, 1.82) is 0 Å². The van der Waals surface area contributed by atoms with E-state index >= 15 is 0 Å². The number of benzene rings is 2. The molecule has 0 spiro atoms. The minimum atomic E-state index is -0.494. The van der Waals surface area contributed by atoms with Crippen LogP contribution >= 0.6 is 0 Å². The number of rotatable bonds is 4. The van der Waals surface area contributed by atoms with Gasteiger partial charge in [0.2, 0.25) is 0 Å². The van der Waals surface area contributed by atoms with Crippen LogP contribution < -0.4 is 5.73 Å². The summed E-state index contributed by atoms with van der Waals surface area (Å²) in [6.07, 6.45) is 1.35. The molecule has 1 aliphatic rings. The second-order valence-electron chi connectivity index (χ2n) is 8.50. The standard InChI is InChI=1S/C23H30N2O/c1-22(2,3)21(26)23(19-12-8-5-9-13-19)14-15-25(20(24)16-23)17-18-10-6-4-7-11-18/h4-13,20H,14-17,24H2,1-3H3. The zero-order valence-corrected chi connectivity index (χ0v) is 16.1. The third-order valence-electron chi connectivity index (χ3n) is 5.52. The van der Waals surface area contributed by atoms with Crippen molar-refractivity contribution >= 4 is 5.78 Å². The van der Waals surface area contributed by atoms with Gasteiger partial charge in [0.15, 0.2) is 0 Å². The Morgan fingerprint density at radius 3 is 2.19 bits per heavy atom. The van der Waals surface area contributed by atoms with Crippen LogP contribution in [0.1, 0.15) is 44.7 Å². The van der Waals surface area contributed by atoms with Gasteiger partial charge < -0.3 is 5.73 Å². The summed E-state index contributed by atoms with van der Waals surface area (Å²) in [7, 11) is 0. The van der Waals surface area contributed by atoms with Gasteiger partial charge in [-0.1, -0.05) is 81.4 Å². The number of hydrogen-bond acceptors (Lipinski definition) is 3. The van der Waals surface area contributed by atoms with Crippen LogP contribution in [0.3, 0.4) is 0 Å². The van der Waals surface area contributed by atoms with Crippen LogP contribution in [0.25, 0.3) is 0 Å². The molecule has 0 aromatic heterocycles. The Labute approximate surface area is 157 Å². The molecule has 2 aromatic carbocycles. The van der Waals surface area contributed by atoms with Crippen molar-refractivity contribution in [3.63, 3.8) is 0 Å². The molecule has 3 rings (SSSR count). The fourth-order valence-corrected chi connectivity index (χ4v) is 4.18. The highest BCUT2D eigenvalue weighted by Gasteiger charge is 2.48. The van der Waals surface area contributed by atoms with Gasteiger partial charge >= 0.3 is 0 Å². The number of nitrogens with zero attached hydrogens (tertiary/aromatic N) is 1. The largest absolute Gasteiger partial charge is 0.316 e. The van der Waals surface area contributed by atoms with Gasteiger partial charge in [0.25, 0.3) is 0 Å². The summed E-state index contributed by atoms with van der Waals surface area (Å²) in [5, 5.41) is 0. The zero-order chi connectivity index (χ0) is 18.8. The number of carbonyl (C=O) groups excluding carboxylic acids is 1. The Morgan fingerprint density at radius 1 is 1.08 bits per heavy atom. The second kappa shape index (κ2) is 7.34. The Morgan fingerprint density at radius 2 is 1.65 bits per heavy atom. The van der Waals surface area contributed by atoms with Crippen molar-refractivity contribution in [3.8, 4) is 0 Å². The Balaban J connectivity index is 1.88. The molecule has 3 nitrogen and oxygen atoms in total. The SMILES string of the molecule is CC(C)(C)C(=O)C1(c2ccccc2)CCN(Cc2ccccc2)C(N)C1. The molecule has 138 valence electrons. The van der Waals surface area contributed by atoms with E-state index in [1.54, 1.807) is 0 Å². The van der Waals surface area contributed by atoms with Crippen molar-refractivity contribution in [2.75, 3.05) is 6.54 Å². The van der Waals surface area contributed by atoms with Crippen LogP contribution in [-0.2, 0) is 16.8 Å². The van der Waals surface area contributed by atoms with Crippen molar-refractivity contribution in [1.82, 2.24) is 4.90 Å². The lowest BCUT2D eigenvalue weighted by atomic mass is 9.63. The predicted molar refractivity (Wildman–Crippen MR) is 107 cm³/mol. The molecule has 1 saturated heterocycles. The van der Waals surface area contributed by atoms with Crippen LogP contribution in [0.2, 0.25) is 0 Å². The van der Waals surface area contributed by atoms with Crippen LogP contribution in [0.15, 0.2) is 60.7 Å². The highest BCUT2D eigenvalue weighted by Crippen LogP contribution is 2.42. The number of ketones is 1. The van der Waals surface area contributed by atoms with E-state index in [1.807, 2.05) is 45.0 Å². The molecular formula is C23H30N2O. The Kier molecular flexibility index (Phi) is 5.31. The maximum Gasteiger partial charge on any atom is 0.148 e. The van der Waals surface area contributed by atoms with Crippen LogP contribution in [0.4, 0.5) is 0 Å². The molecule has 2 aromatic rings. The fourth-order valence-electron chi connectivity index (χ4n) is 4.18. The van der Waals surface area contributed by atoms with Gasteiger partial charge in [0.05, 0.1) is 11.6 Å². The van der Waals surface area contributed by atoms with E-state index in [1.165, 1.54) is 5.56 Å². The molecule has 1 fully saturated rings. The quantitative estimate of drug-likeness (QED) is 0.902. The first kappa shape index (κ1) is 18.8. The Bertz CT molecular complexity index is 736. The van der Waals surface area contributed by atoms with Gasteiger partial charge in [-0.3, -0.25) is 9.69 Å². The third-order valence-corrected chi connectivity index (χ3v) is 5.52. The summed E-state index contributed by atoms with van der Waals surface area (Å²) in [6.45, 7) is 7.70. The number of piperidine rings is 1. The van der Waals surface area contributed by atoms with Crippen molar-refractivity contribution in [2.24, 2.45) is 11.1 Å². The van der Waals surface area contributed by atoms with Gasteiger partial charge in [-0.15, -0.1) is 0 Å². The number of Topliss-reactive ketones (excluding diaryl/α,β-unsaturated/α-hetero) is 1. The minimum absolute atomic E-state index is 0.129. The van der Waals surface area contributed by atoms with E-state index in [-0.39, 0.29) is 6.17 Å². The molecule has 0 aliphatic carbocycles. The molecule has 0 radical (unpaired) electrons. The highest BCUT2D eigenvalue weighted by molar-refractivity contribution is 5.94. The lowest BCUT2D eigenvalue weighted by Gasteiger charge is -2.47. The molecule has 0 saturated carbocycles. The minimum Gasteiger partial charge on any atom is -0.316 e. The number of hydrogen-bond donors (Lipinski definition) is 1. The molecule has 26 heavy (non-hydrogen) atoms. The van der Waals surface area contributed by atoms with Gasteiger partial charge in [-0.05, 0) is 24.0 Å². The lowest BCUT2D eigenvalue weighted by molar-refractivity contribution is -0.135.